The van der Waals surface area contributed by atoms with Gasteiger partial charge in [-0.15, -0.1) is 12.4 Å². The van der Waals surface area contributed by atoms with Gasteiger partial charge in [-0.05, 0) is 18.7 Å². The number of nitrogens with one attached hydrogen (secondary N) is 1. The van der Waals surface area contributed by atoms with Crippen LogP contribution in [0.5, 0.6) is 0 Å². The third-order valence-electron chi connectivity index (χ3n) is 3.07. The summed E-state index contributed by atoms with van der Waals surface area (Å²) >= 11 is 0. The Morgan fingerprint density at radius 2 is 2.00 bits per heavy atom. The molecule has 1 heterocycles. The normalized spacial score (nSPS) is 16.3. The van der Waals surface area contributed by atoms with E-state index in [1.54, 1.807) is 6.07 Å². The minimum Gasteiger partial charge on any atom is -0.314 e. The molecule has 0 amide bonds. The predicted molar refractivity (Wildman–Crippen MR) is 66.8 cm³/mol. The summed E-state index contributed by atoms with van der Waals surface area (Å²) in [4.78, 5) is 2.08. The Hall–Kier alpha value is -0.780. The number of rotatable bonds is 3. The van der Waals surface area contributed by atoms with Gasteiger partial charge in [0.15, 0.2) is 0 Å². The molecule has 18 heavy (non-hydrogen) atoms. The van der Waals surface area contributed by atoms with Gasteiger partial charge in [0.05, 0.1) is 5.56 Å². The van der Waals surface area contributed by atoms with Crippen molar-refractivity contribution in [3.05, 3.63) is 35.4 Å². The van der Waals surface area contributed by atoms with Gasteiger partial charge >= 0.3 is 6.18 Å². The first-order chi connectivity index (χ1) is 7.97. The van der Waals surface area contributed by atoms with E-state index >= 15 is 0 Å². The molecule has 6 heteroatoms. The molecule has 0 aromatic heterocycles. The van der Waals surface area contributed by atoms with E-state index in [-0.39, 0.29) is 12.4 Å². The van der Waals surface area contributed by atoms with Crippen molar-refractivity contribution < 1.29 is 13.2 Å². The van der Waals surface area contributed by atoms with Crippen LogP contribution in [0.3, 0.4) is 0 Å². The average Bonchev–Trinajstić information content (AvgIpc) is 2.13. The van der Waals surface area contributed by atoms with Crippen LogP contribution in [-0.2, 0) is 12.7 Å². The molecule has 102 valence electrons. The summed E-state index contributed by atoms with van der Waals surface area (Å²) in [5.41, 5.74) is 0.129. The van der Waals surface area contributed by atoms with E-state index in [9.17, 15) is 13.2 Å². The van der Waals surface area contributed by atoms with Gasteiger partial charge in [0.25, 0.3) is 0 Å². The Kier molecular flexibility index (Phi) is 5.01. The number of halogens is 4. The zero-order chi connectivity index (χ0) is 12.5. The number of alkyl halides is 3. The summed E-state index contributed by atoms with van der Waals surface area (Å²) in [6.45, 7) is 2.38. The molecule has 0 radical (unpaired) electrons. The van der Waals surface area contributed by atoms with Crippen LogP contribution >= 0.6 is 12.4 Å². The largest absolute Gasteiger partial charge is 0.416 e. The van der Waals surface area contributed by atoms with E-state index in [1.807, 2.05) is 7.05 Å². The van der Waals surface area contributed by atoms with E-state index < -0.39 is 11.7 Å². The van der Waals surface area contributed by atoms with Crippen LogP contribution < -0.4 is 5.32 Å². The second kappa shape index (κ2) is 5.91. The van der Waals surface area contributed by atoms with Crippen molar-refractivity contribution in [2.24, 2.45) is 0 Å². The molecule has 1 aromatic rings. The summed E-state index contributed by atoms with van der Waals surface area (Å²) in [5, 5.41) is 3.14. The first-order valence-corrected chi connectivity index (χ1v) is 5.54. The van der Waals surface area contributed by atoms with Crippen LogP contribution in [0, 0.1) is 0 Å². The molecule has 0 bridgehead atoms. The zero-order valence-corrected chi connectivity index (χ0v) is 10.8. The van der Waals surface area contributed by atoms with Gasteiger partial charge in [0.2, 0.25) is 0 Å². The van der Waals surface area contributed by atoms with Crippen LogP contribution in [0.25, 0.3) is 0 Å². The highest BCUT2D eigenvalue weighted by molar-refractivity contribution is 5.85. The zero-order valence-electron chi connectivity index (χ0n) is 10.00. The van der Waals surface area contributed by atoms with Crippen molar-refractivity contribution >= 4 is 12.4 Å². The van der Waals surface area contributed by atoms with Crippen LogP contribution in [0.2, 0.25) is 0 Å². The molecular weight excluding hydrogens is 265 g/mol. The standard InChI is InChI=1S/C12H15F3N2.ClH/c1-17(11-6-16-7-11)8-9-3-2-4-10(5-9)12(13,14)15;/h2-5,11,16H,6-8H2,1H3;1H. The Balaban J connectivity index is 0.00000162. The van der Waals surface area contributed by atoms with Gasteiger partial charge < -0.3 is 5.32 Å². The van der Waals surface area contributed by atoms with Gasteiger partial charge in [-0.2, -0.15) is 13.2 Å². The van der Waals surface area contributed by atoms with E-state index in [2.05, 4.69) is 10.2 Å². The first kappa shape index (κ1) is 15.3. The third kappa shape index (κ3) is 3.60. The maximum Gasteiger partial charge on any atom is 0.416 e. The molecule has 2 rings (SSSR count). The maximum atomic E-state index is 12.5. The Bertz CT molecular complexity index is 391. The van der Waals surface area contributed by atoms with E-state index in [4.69, 9.17) is 0 Å². The predicted octanol–water partition coefficient (Wildman–Crippen LogP) is 2.53. The van der Waals surface area contributed by atoms with Crippen LogP contribution in [0.4, 0.5) is 13.2 Å². The summed E-state index contributed by atoms with van der Waals surface area (Å²) in [5.74, 6) is 0. The lowest BCUT2D eigenvalue weighted by atomic mass is 10.1. The number of benzene rings is 1. The van der Waals surface area contributed by atoms with E-state index in [1.165, 1.54) is 12.1 Å². The molecule has 2 nitrogen and oxygen atoms in total. The highest BCUT2D eigenvalue weighted by Gasteiger charge is 2.30. The van der Waals surface area contributed by atoms with Crippen molar-refractivity contribution in [2.75, 3.05) is 20.1 Å². The fraction of sp³-hybridized carbons (Fsp3) is 0.500. The molecule has 0 saturated carbocycles. The molecule has 0 aliphatic carbocycles. The lowest BCUT2D eigenvalue weighted by Crippen LogP contribution is -2.55. The minimum atomic E-state index is -4.26. The highest BCUT2D eigenvalue weighted by atomic mass is 35.5. The lowest BCUT2D eigenvalue weighted by Gasteiger charge is -2.35. The molecule has 1 aliphatic rings. The van der Waals surface area contributed by atoms with Gasteiger partial charge in [-0.3, -0.25) is 4.90 Å². The fourth-order valence-electron chi connectivity index (χ4n) is 1.85. The van der Waals surface area contributed by atoms with Crippen LogP contribution in [0.15, 0.2) is 24.3 Å². The average molecular weight is 281 g/mol. The van der Waals surface area contributed by atoms with Crippen LogP contribution in [-0.4, -0.2) is 31.1 Å². The second-order valence-electron chi connectivity index (χ2n) is 4.43. The summed E-state index contributed by atoms with van der Waals surface area (Å²) in [6, 6.07) is 5.96. The second-order valence-corrected chi connectivity index (χ2v) is 4.43. The molecule has 1 fully saturated rings. The topological polar surface area (TPSA) is 15.3 Å². The number of nitrogens with zero attached hydrogens (tertiary/aromatic N) is 1. The monoisotopic (exact) mass is 280 g/mol. The van der Waals surface area contributed by atoms with Gasteiger partial charge in [0, 0.05) is 25.7 Å². The first-order valence-electron chi connectivity index (χ1n) is 5.54. The quantitative estimate of drug-likeness (QED) is 0.915. The SMILES string of the molecule is CN(Cc1cccc(C(F)(F)F)c1)C1CNC1.Cl. The number of likely N-dealkylation sites (N-methyl/N-ethyl adjacent to an activating group) is 1. The van der Waals surface area contributed by atoms with Crippen molar-refractivity contribution in [1.29, 1.82) is 0 Å². The van der Waals surface area contributed by atoms with Crippen molar-refractivity contribution in [1.82, 2.24) is 10.2 Å². The maximum absolute atomic E-state index is 12.5. The van der Waals surface area contributed by atoms with Gasteiger partial charge in [-0.25, -0.2) is 0 Å². The molecule has 1 saturated heterocycles. The minimum absolute atomic E-state index is 0. The number of hydrogen-bond acceptors (Lipinski definition) is 2. The van der Waals surface area contributed by atoms with Gasteiger partial charge in [0.1, 0.15) is 0 Å². The van der Waals surface area contributed by atoms with E-state index in [0.717, 1.165) is 19.2 Å². The number of hydrogen-bond donors (Lipinski definition) is 1. The molecule has 0 atom stereocenters. The molecule has 1 N–H and O–H groups in total. The Morgan fingerprint density at radius 3 is 2.50 bits per heavy atom. The highest BCUT2D eigenvalue weighted by Crippen LogP contribution is 2.29. The van der Waals surface area contributed by atoms with E-state index in [0.29, 0.717) is 18.2 Å². The molecular formula is C12H16ClF3N2. The summed E-state index contributed by atoms with van der Waals surface area (Å²) in [6.07, 6.45) is -4.26. The Labute approximate surface area is 111 Å². The third-order valence-corrected chi connectivity index (χ3v) is 3.07. The summed E-state index contributed by atoms with van der Waals surface area (Å²) in [7, 11) is 1.94. The van der Waals surface area contributed by atoms with Crippen LogP contribution in [0.1, 0.15) is 11.1 Å². The molecule has 1 aromatic carbocycles. The molecule has 1 aliphatic heterocycles. The van der Waals surface area contributed by atoms with Crippen molar-refractivity contribution in [3.63, 3.8) is 0 Å². The van der Waals surface area contributed by atoms with Gasteiger partial charge in [-0.1, -0.05) is 18.2 Å². The molecule has 0 spiro atoms. The summed E-state index contributed by atoms with van der Waals surface area (Å²) < 4.78 is 37.6. The smallest absolute Gasteiger partial charge is 0.314 e. The molecule has 0 unspecified atom stereocenters. The fourth-order valence-corrected chi connectivity index (χ4v) is 1.85. The van der Waals surface area contributed by atoms with Crippen molar-refractivity contribution in [2.45, 2.75) is 18.8 Å². The Morgan fingerprint density at radius 1 is 1.33 bits per heavy atom. The van der Waals surface area contributed by atoms with Crippen molar-refractivity contribution in [3.8, 4) is 0 Å². The lowest BCUT2D eigenvalue weighted by molar-refractivity contribution is -0.137.